The fourth-order valence-electron chi connectivity index (χ4n) is 1.84. The van der Waals surface area contributed by atoms with Gasteiger partial charge >= 0.3 is 5.69 Å². The first-order valence-corrected chi connectivity index (χ1v) is 5.46. The Morgan fingerprint density at radius 1 is 1.25 bits per heavy atom. The van der Waals surface area contributed by atoms with Crippen LogP contribution in [-0.2, 0) is 0 Å². The van der Waals surface area contributed by atoms with E-state index in [9.17, 15) is 9.90 Å². The molecule has 3 N–H and O–H groups in total. The first-order chi connectivity index (χ1) is 7.56. The van der Waals surface area contributed by atoms with Crippen molar-refractivity contribution in [1.82, 2.24) is 9.97 Å². The summed E-state index contributed by atoms with van der Waals surface area (Å²) in [4.78, 5) is 16.4. The summed E-state index contributed by atoms with van der Waals surface area (Å²) in [5.74, 6) is 0.441. The second-order valence-electron chi connectivity index (χ2n) is 4.53. The van der Waals surface area contributed by atoms with E-state index >= 15 is 0 Å². The van der Waals surface area contributed by atoms with Crippen LogP contribution in [0.5, 0.6) is 0 Å². The lowest BCUT2D eigenvalue weighted by Crippen LogP contribution is -2.01. The van der Waals surface area contributed by atoms with Crippen molar-refractivity contribution in [3.05, 3.63) is 34.2 Å². The fraction of sp³-hybridized carbons (Fsp3) is 0.417. The van der Waals surface area contributed by atoms with E-state index in [1.165, 1.54) is 0 Å². The highest BCUT2D eigenvalue weighted by Gasteiger charge is 2.10. The molecule has 1 aromatic heterocycles. The number of hydrogen-bond acceptors (Lipinski definition) is 2. The maximum atomic E-state index is 11.1. The largest absolute Gasteiger partial charge is 0.388 e. The summed E-state index contributed by atoms with van der Waals surface area (Å²) in [6, 6.07) is 5.48. The van der Waals surface area contributed by atoms with Crippen molar-refractivity contribution >= 4 is 11.0 Å². The molecule has 0 aliphatic heterocycles. The molecule has 2 aromatic rings. The molecule has 1 unspecified atom stereocenters. The molecule has 0 bridgehead atoms. The molecule has 0 aliphatic rings. The lowest BCUT2D eigenvalue weighted by molar-refractivity contribution is 0.151. The minimum absolute atomic E-state index is 0.217. The van der Waals surface area contributed by atoms with Gasteiger partial charge in [0.1, 0.15) is 0 Å². The first kappa shape index (κ1) is 11.0. The molecule has 0 spiro atoms. The average Bonchev–Trinajstić information content (AvgIpc) is 2.55. The Morgan fingerprint density at radius 2 is 1.94 bits per heavy atom. The Bertz CT molecular complexity index is 539. The van der Waals surface area contributed by atoms with Crippen LogP contribution in [0.4, 0.5) is 0 Å². The molecular formula is C12H16N2O2. The van der Waals surface area contributed by atoms with Gasteiger partial charge in [-0.1, -0.05) is 19.9 Å². The summed E-state index contributed by atoms with van der Waals surface area (Å²) in [5.41, 5.74) is 2.14. The molecule has 0 aliphatic carbocycles. The van der Waals surface area contributed by atoms with Crippen LogP contribution in [0.2, 0.25) is 0 Å². The van der Waals surface area contributed by atoms with E-state index in [1.807, 2.05) is 18.2 Å². The minimum atomic E-state index is -0.470. The molecule has 2 rings (SSSR count). The van der Waals surface area contributed by atoms with Crippen LogP contribution in [0.1, 0.15) is 31.9 Å². The van der Waals surface area contributed by atoms with E-state index in [0.29, 0.717) is 5.92 Å². The van der Waals surface area contributed by atoms with Gasteiger partial charge < -0.3 is 15.1 Å². The number of rotatable bonds is 3. The molecule has 0 radical (unpaired) electrons. The smallest absolute Gasteiger partial charge is 0.323 e. The van der Waals surface area contributed by atoms with Crippen LogP contribution >= 0.6 is 0 Å². The predicted octanol–water partition coefficient (Wildman–Crippen LogP) is 1.94. The number of nitrogens with one attached hydrogen (secondary N) is 2. The van der Waals surface area contributed by atoms with Crippen molar-refractivity contribution in [2.24, 2.45) is 5.92 Å². The SMILES string of the molecule is CC(C)CC(O)c1ccc2[nH]c(=O)[nH]c2c1. The van der Waals surface area contributed by atoms with Crippen molar-refractivity contribution in [1.29, 1.82) is 0 Å². The van der Waals surface area contributed by atoms with Crippen LogP contribution in [0.15, 0.2) is 23.0 Å². The maximum Gasteiger partial charge on any atom is 0.323 e. The van der Waals surface area contributed by atoms with E-state index in [-0.39, 0.29) is 5.69 Å². The Hall–Kier alpha value is -1.55. The minimum Gasteiger partial charge on any atom is -0.388 e. The number of H-pyrrole nitrogens is 2. The number of fused-ring (bicyclic) bond motifs is 1. The summed E-state index contributed by atoms with van der Waals surface area (Å²) in [7, 11) is 0. The Morgan fingerprint density at radius 3 is 2.62 bits per heavy atom. The van der Waals surface area contributed by atoms with Crippen molar-refractivity contribution in [3.8, 4) is 0 Å². The molecule has 1 aromatic carbocycles. The maximum absolute atomic E-state index is 11.1. The number of aliphatic hydroxyl groups excluding tert-OH is 1. The van der Waals surface area contributed by atoms with Crippen molar-refractivity contribution < 1.29 is 5.11 Å². The van der Waals surface area contributed by atoms with Crippen LogP contribution in [0.25, 0.3) is 11.0 Å². The highest BCUT2D eigenvalue weighted by Crippen LogP contribution is 2.22. The number of aromatic amines is 2. The molecule has 0 fully saturated rings. The van der Waals surface area contributed by atoms with Crippen LogP contribution in [0.3, 0.4) is 0 Å². The third kappa shape index (κ3) is 2.17. The van der Waals surface area contributed by atoms with E-state index in [2.05, 4.69) is 23.8 Å². The zero-order valence-electron chi connectivity index (χ0n) is 9.45. The number of aliphatic hydroxyl groups is 1. The van der Waals surface area contributed by atoms with Gasteiger partial charge in [-0.2, -0.15) is 0 Å². The second kappa shape index (κ2) is 4.14. The van der Waals surface area contributed by atoms with Crippen LogP contribution in [-0.4, -0.2) is 15.1 Å². The normalized spacial score (nSPS) is 13.5. The van der Waals surface area contributed by atoms with Crippen LogP contribution in [0, 0.1) is 5.92 Å². The van der Waals surface area contributed by atoms with Gasteiger partial charge in [-0.05, 0) is 30.0 Å². The molecule has 0 saturated heterocycles. The third-order valence-electron chi connectivity index (χ3n) is 2.62. The number of benzene rings is 1. The van der Waals surface area contributed by atoms with Crippen molar-refractivity contribution in [2.75, 3.05) is 0 Å². The van der Waals surface area contributed by atoms with Gasteiger partial charge in [0.2, 0.25) is 0 Å². The molecule has 1 heterocycles. The first-order valence-electron chi connectivity index (χ1n) is 5.46. The fourth-order valence-corrected chi connectivity index (χ4v) is 1.84. The molecule has 4 heteroatoms. The zero-order chi connectivity index (χ0) is 11.7. The summed E-state index contributed by atoms with van der Waals surface area (Å²) in [6.45, 7) is 4.14. The second-order valence-corrected chi connectivity index (χ2v) is 4.53. The summed E-state index contributed by atoms with van der Waals surface area (Å²) in [6.07, 6.45) is 0.253. The average molecular weight is 220 g/mol. The van der Waals surface area contributed by atoms with Gasteiger partial charge in [0.05, 0.1) is 17.1 Å². The zero-order valence-corrected chi connectivity index (χ0v) is 9.45. The van der Waals surface area contributed by atoms with E-state index in [0.717, 1.165) is 23.0 Å². The van der Waals surface area contributed by atoms with Gasteiger partial charge in [-0.3, -0.25) is 0 Å². The van der Waals surface area contributed by atoms with E-state index in [4.69, 9.17) is 0 Å². The van der Waals surface area contributed by atoms with Gasteiger partial charge in [-0.15, -0.1) is 0 Å². The van der Waals surface area contributed by atoms with E-state index < -0.39 is 6.10 Å². The monoisotopic (exact) mass is 220 g/mol. The molecular weight excluding hydrogens is 204 g/mol. The number of aromatic nitrogens is 2. The number of imidazole rings is 1. The molecule has 1 atom stereocenters. The highest BCUT2D eigenvalue weighted by molar-refractivity contribution is 5.75. The van der Waals surface area contributed by atoms with E-state index in [1.54, 1.807) is 0 Å². The van der Waals surface area contributed by atoms with Crippen molar-refractivity contribution in [2.45, 2.75) is 26.4 Å². The van der Waals surface area contributed by atoms with Gasteiger partial charge in [0.25, 0.3) is 0 Å². The summed E-state index contributed by atoms with van der Waals surface area (Å²) in [5, 5.41) is 9.95. The number of hydrogen-bond donors (Lipinski definition) is 3. The van der Waals surface area contributed by atoms with Crippen molar-refractivity contribution in [3.63, 3.8) is 0 Å². The molecule has 0 saturated carbocycles. The standard InChI is InChI=1S/C12H16N2O2/c1-7(2)5-11(15)8-3-4-9-10(6-8)14-12(16)13-9/h3-4,6-7,11,15H,5H2,1-2H3,(H2,13,14,16). The highest BCUT2D eigenvalue weighted by atomic mass is 16.3. The summed E-state index contributed by atoms with van der Waals surface area (Å²) >= 11 is 0. The topological polar surface area (TPSA) is 68.9 Å². The van der Waals surface area contributed by atoms with Gasteiger partial charge in [0.15, 0.2) is 0 Å². The third-order valence-corrected chi connectivity index (χ3v) is 2.62. The Balaban J connectivity index is 2.34. The molecule has 4 nitrogen and oxygen atoms in total. The quantitative estimate of drug-likeness (QED) is 0.739. The van der Waals surface area contributed by atoms with Gasteiger partial charge in [-0.25, -0.2) is 4.79 Å². The van der Waals surface area contributed by atoms with Crippen LogP contribution < -0.4 is 5.69 Å². The molecule has 86 valence electrons. The van der Waals surface area contributed by atoms with Gasteiger partial charge in [0, 0.05) is 0 Å². The Kier molecular flexibility index (Phi) is 2.83. The molecule has 16 heavy (non-hydrogen) atoms. The molecule has 0 amide bonds. The summed E-state index contributed by atoms with van der Waals surface area (Å²) < 4.78 is 0. The lowest BCUT2D eigenvalue weighted by Gasteiger charge is -2.13. The Labute approximate surface area is 93.3 Å². The predicted molar refractivity (Wildman–Crippen MR) is 63.3 cm³/mol. The lowest BCUT2D eigenvalue weighted by atomic mass is 9.99.